The molecule has 2 nitrogen and oxygen atoms in total. The number of rotatable bonds is 6. The largest absolute Gasteiger partial charge is 0.388 e. The van der Waals surface area contributed by atoms with Crippen LogP contribution >= 0.6 is 0 Å². The Kier molecular flexibility index (Phi) is 7.03. The number of hydrogen-bond acceptors (Lipinski definition) is 2. The first-order valence-corrected chi connectivity index (χ1v) is 11.4. The van der Waals surface area contributed by atoms with Crippen molar-refractivity contribution in [2.45, 2.75) is 97.2 Å². The van der Waals surface area contributed by atoms with E-state index in [4.69, 9.17) is 4.74 Å². The second kappa shape index (κ2) is 9.09. The predicted octanol–water partition coefficient (Wildman–Crippen LogP) is 6.36. The summed E-state index contributed by atoms with van der Waals surface area (Å²) >= 11 is 0. The van der Waals surface area contributed by atoms with Gasteiger partial charge in [-0.25, -0.2) is 0 Å². The van der Waals surface area contributed by atoms with Crippen LogP contribution in [0.2, 0.25) is 0 Å². The van der Waals surface area contributed by atoms with Crippen molar-refractivity contribution >= 4 is 0 Å². The highest BCUT2D eigenvalue weighted by Crippen LogP contribution is 2.58. The van der Waals surface area contributed by atoms with Crippen molar-refractivity contribution in [2.24, 2.45) is 17.3 Å². The third-order valence-electron chi connectivity index (χ3n) is 7.72. The van der Waals surface area contributed by atoms with Crippen LogP contribution in [0.1, 0.15) is 85.0 Å². The van der Waals surface area contributed by atoms with Crippen LogP contribution in [-0.2, 0) is 4.74 Å². The standard InChI is InChI=1S/C25H40O2/c1-5-6-17-27-19(3)22-14-15-23-21(10-8-16-25(22,23)4)13-12-20-9-7-11-24(26)18(20)2/h12-13,19,22-24,26H,2,5-11,14-17H2,1,3-4H3/b20-12-,21-13+/t19?,22-,23+,24?,25?/m1/s1. The third kappa shape index (κ3) is 4.43. The molecular weight excluding hydrogens is 332 g/mol. The van der Waals surface area contributed by atoms with Crippen LogP contribution in [0.15, 0.2) is 35.5 Å². The van der Waals surface area contributed by atoms with Crippen molar-refractivity contribution < 1.29 is 9.84 Å². The highest BCUT2D eigenvalue weighted by atomic mass is 16.5. The molecule has 0 aromatic heterocycles. The first-order chi connectivity index (χ1) is 13.0. The number of ether oxygens (including phenoxy) is 1. The monoisotopic (exact) mass is 372 g/mol. The number of aliphatic hydroxyl groups excluding tert-OH is 1. The van der Waals surface area contributed by atoms with Crippen LogP contribution in [0.4, 0.5) is 0 Å². The lowest BCUT2D eigenvalue weighted by molar-refractivity contribution is -0.0257. The predicted molar refractivity (Wildman–Crippen MR) is 114 cm³/mol. The molecule has 5 atom stereocenters. The molecule has 0 heterocycles. The fourth-order valence-corrected chi connectivity index (χ4v) is 6.01. The lowest BCUT2D eigenvalue weighted by Crippen LogP contribution is -2.38. The molecule has 3 unspecified atom stereocenters. The van der Waals surface area contributed by atoms with E-state index in [0.29, 0.717) is 23.4 Å². The van der Waals surface area contributed by atoms with Crippen molar-refractivity contribution in [3.63, 3.8) is 0 Å². The van der Waals surface area contributed by atoms with Crippen molar-refractivity contribution in [3.05, 3.63) is 35.5 Å². The Labute approximate surface area is 166 Å². The minimum Gasteiger partial charge on any atom is -0.388 e. The highest BCUT2D eigenvalue weighted by molar-refractivity contribution is 5.37. The summed E-state index contributed by atoms with van der Waals surface area (Å²) in [4.78, 5) is 0. The second-order valence-electron chi connectivity index (χ2n) is 9.39. The van der Waals surface area contributed by atoms with Crippen LogP contribution in [0.3, 0.4) is 0 Å². The average molecular weight is 373 g/mol. The van der Waals surface area contributed by atoms with Gasteiger partial charge in [-0.3, -0.25) is 0 Å². The van der Waals surface area contributed by atoms with Gasteiger partial charge in [0.2, 0.25) is 0 Å². The molecule has 0 saturated heterocycles. The molecule has 152 valence electrons. The Morgan fingerprint density at radius 2 is 2.04 bits per heavy atom. The zero-order valence-corrected chi connectivity index (χ0v) is 17.8. The van der Waals surface area contributed by atoms with E-state index in [1.165, 1.54) is 50.5 Å². The van der Waals surface area contributed by atoms with Crippen LogP contribution in [0.25, 0.3) is 0 Å². The van der Waals surface area contributed by atoms with Gasteiger partial charge in [-0.15, -0.1) is 0 Å². The smallest absolute Gasteiger partial charge is 0.0787 e. The quantitative estimate of drug-likeness (QED) is 0.550. The maximum absolute atomic E-state index is 10.1. The lowest BCUT2D eigenvalue weighted by Gasteiger charge is -2.44. The van der Waals surface area contributed by atoms with Crippen molar-refractivity contribution in [3.8, 4) is 0 Å². The molecule has 3 saturated carbocycles. The molecule has 1 N–H and O–H groups in total. The molecule has 0 amide bonds. The topological polar surface area (TPSA) is 29.5 Å². The highest BCUT2D eigenvalue weighted by Gasteiger charge is 2.51. The summed E-state index contributed by atoms with van der Waals surface area (Å²) in [6.45, 7) is 12.1. The SMILES string of the molecule is C=C1/C(=C\C=C2/CCCC3(C)[C@@H](C(C)OCCCC)CC[C@@H]23)CCCC1O. The van der Waals surface area contributed by atoms with E-state index in [1.807, 2.05) is 0 Å². The minimum atomic E-state index is -0.336. The molecule has 3 aliphatic carbocycles. The van der Waals surface area contributed by atoms with Gasteiger partial charge >= 0.3 is 0 Å². The maximum Gasteiger partial charge on any atom is 0.0787 e. The van der Waals surface area contributed by atoms with Gasteiger partial charge < -0.3 is 9.84 Å². The third-order valence-corrected chi connectivity index (χ3v) is 7.72. The molecule has 3 fully saturated rings. The van der Waals surface area contributed by atoms with Crippen molar-refractivity contribution in [1.82, 2.24) is 0 Å². The maximum atomic E-state index is 10.1. The minimum absolute atomic E-state index is 0.336. The summed E-state index contributed by atoms with van der Waals surface area (Å²) < 4.78 is 6.23. The van der Waals surface area contributed by atoms with Crippen LogP contribution in [0.5, 0.6) is 0 Å². The number of fused-ring (bicyclic) bond motifs is 1. The Morgan fingerprint density at radius 3 is 2.81 bits per heavy atom. The van der Waals surface area contributed by atoms with Gasteiger partial charge in [0.15, 0.2) is 0 Å². The number of aliphatic hydroxyl groups is 1. The van der Waals surface area contributed by atoms with Gasteiger partial charge in [-0.05, 0) is 93.1 Å². The zero-order valence-electron chi connectivity index (χ0n) is 17.8. The van der Waals surface area contributed by atoms with Gasteiger partial charge in [-0.1, -0.05) is 44.6 Å². The molecule has 0 aromatic rings. The molecule has 27 heavy (non-hydrogen) atoms. The Hall–Kier alpha value is -0.860. The molecule has 3 aliphatic rings. The summed E-state index contributed by atoms with van der Waals surface area (Å²) in [5.41, 5.74) is 4.22. The van der Waals surface area contributed by atoms with E-state index in [2.05, 4.69) is 39.5 Å². The molecule has 0 spiro atoms. The van der Waals surface area contributed by atoms with Gasteiger partial charge in [0.05, 0.1) is 12.2 Å². The average Bonchev–Trinajstić information content (AvgIpc) is 3.00. The van der Waals surface area contributed by atoms with E-state index >= 15 is 0 Å². The second-order valence-corrected chi connectivity index (χ2v) is 9.39. The fourth-order valence-electron chi connectivity index (χ4n) is 6.01. The van der Waals surface area contributed by atoms with E-state index in [0.717, 1.165) is 31.4 Å². The fraction of sp³-hybridized carbons (Fsp3) is 0.760. The molecule has 0 aromatic carbocycles. The zero-order chi connectivity index (χ0) is 19.4. The lowest BCUT2D eigenvalue weighted by atomic mass is 9.62. The van der Waals surface area contributed by atoms with Gasteiger partial charge in [-0.2, -0.15) is 0 Å². The number of hydrogen-bond donors (Lipinski definition) is 1. The molecule has 0 aliphatic heterocycles. The molecule has 3 rings (SSSR count). The molecule has 0 bridgehead atoms. The van der Waals surface area contributed by atoms with E-state index in [-0.39, 0.29) is 6.10 Å². The van der Waals surface area contributed by atoms with E-state index in [9.17, 15) is 5.11 Å². The molecule has 0 radical (unpaired) electrons. The van der Waals surface area contributed by atoms with Gasteiger partial charge in [0.25, 0.3) is 0 Å². The number of unbranched alkanes of at least 4 members (excludes halogenated alkanes) is 1. The first kappa shape index (κ1) is 20.9. The van der Waals surface area contributed by atoms with Gasteiger partial charge in [0, 0.05) is 6.61 Å². The van der Waals surface area contributed by atoms with E-state index < -0.39 is 0 Å². The first-order valence-electron chi connectivity index (χ1n) is 11.4. The molecule has 2 heteroatoms. The van der Waals surface area contributed by atoms with Crippen LogP contribution in [-0.4, -0.2) is 23.9 Å². The van der Waals surface area contributed by atoms with Crippen LogP contribution in [0, 0.1) is 17.3 Å². The van der Waals surface area contributed by atoms with E-state index in [1.54, 1.807) is 5.57 Å². The Balaban J connectivity index is 1.72. The van der Waals surface area contributed by atoms with Crippen molar-refractivity contribution in [2.75, 3.05) is 6.61 Å². The summed E-state index contributed by atoms with van der Waals surface area (Å²) in [7, 11) is 0. The Bertz CT molecular complexity index is 587. The summed E-state index contributed by atoms with van der Waals surface area (Å²) in [6.07, 6.45) is 16.6. The van der Waals surface area contributed by atoms with Crippen LogP contribution < -0.4 is 0 Å². The molecular formula is C25H40O2. The summed E-state index contributed by atoms with van der Waals surface area (Å²) in [6, 6.07) is 0. The Morgan fingerprint density at radius 1 is 1.22 bits per heavy atom. The normalized spacial score (nSPS) is 38.4. The number of allylic oxidation sites excluding steroid dienone is 3. The summed E-state index contributed by atoms with van der Waals surface area (Å²) in [5, 5.41) is 10.1. The van der Waals surface area contributed by atoms with Crippen molar-refractivity contribution in [1.29, 1.82) is 0 Å². The summed E-state index contributed by atoms with van der Waals surface area (Å²) in [5.74, 6) is 1.38. The van der Waals surface area contributed by atoms with Gasteiger partial charge in [0.1, 0.15) is 0 Å².